The first-order valence-corrected chi connectivity index (χ1v) is 8.13. The largest absolute Gasteiger partial charge is 0.492 e. The summed E-state index contributed by atoms with van der Waals surface area (Å²) in [5, 5.41) is 6.52. The zero-order chi connectivity index (χ0) is 16.8. The Balaban J connectivity index is 2.23. The molecule has 0 amide bonds. The van der Waals surface area contributed by atoms with Gasteiger partial charge in [0.2, 0.25) is 0 Å². The molecular formula is C17H30N4O2. The summed E-state index contributed by atoms with van der Waals surface area (Å²) in [7, 11) is 3.79. The van der Waals surface area contributed by atoms with Crippen LogP contribution in [-0.4, -0.2) is 71.0 Å². The molecular weight excluding hydrogens is 292 g/mol. The second-order valence-electron chi connectivity index (χ2n) is 5.15. The lowest BCUT2D eigenvalue weighted by molar-refractivity contribution is 0.163. The monoisotopic (exact) mass is 322 g/mol. The fourth-order valence-electron chi connectivity index (χ4n) is 1.89. The van der Waals surface area contributed by atoms with Gasteiger partial charge in [0.1, 0.15) is 12.4 Å². The van der Waals surface area contributed by atoms with Crippen molar-refractivity contribution < 1.29 is 9.47 Å². The molecule has 0 saturated heterocycles. The number of guanidine groups is 1. The number of nitrogens with zero attached hydrogens (tertiary/aromatic N) is 2. The van der Waals surface area contributed by atoms with Gasteiger partial charge < -0.3 is 25.0 Å². The number of methoxy groups -OCH3 is 1. The first-order chi connectivity index (χ1) is 11.3. The van der Waals surface area contributed by atoms with Crippen LogP contribution in [0.15, 0.2) is 35.3 Å². The van der Waals surface area contributed by atoms with Gasteiger partial charge in [-0.2, -0.15) is 0 Å². The van der Waals surface area contributed by atoms with E-state index in [1.165, 1.54) is 0 Å². The number of likely N-dealkylation sites (N-methyl/N-ethyl adjacent to an activating group) is 1. The molecule has 0 saturated carbocycles. The van der Waals surface area contributed by atoms with Crippen molar-refractivity contribution in [3.05, 3.63) is 30.3 Å². The third kappa shape index (κ3) is 9.76. The molecule has 0 bridgehead atoms. The summed E-state index contributed by atoms with van der Waals surface area (Å²) in [6.45, 7) is 7.52. The van der Waals surface area contributed by atoms with E-state index in [1.54, 1.807) is 7.11 Å². The van der Waals surface area contributed by atoms with Gasteiger partial charge in [0.05, 0.1) is 19.7 Å². The first kappa shape index (κ1) is 19.3. The predicted octanol–water partition coefficient (Wildman–Crippen LogP) is 1.20. The third-order valence-electron chi connectivity index (χ3n) is 3.18. The predicted molar refractivity (Wildman–Crippen MR) is 95.3 cm³/mol. The van der Waals surface area contributed by atoms with Gasteiger partial charge in [-0.05, 0) is 26.1 Å². The summed E-state index contributed by atoms with van der Waals surface area (Å²) in [6.07, 6.45) is 0. The maximum atomic E-state index is 5.65. The van der Waals surface area contributed by atoms with Gasteiger partial charge in [0.15, 0.2) is 5.96 Å². The Hall–Kier alpha value is -1.79. The number of rotatable bonds is 11. The fraction of sp³-hybridized carbons (Fsp3) is 0.588. The van der Waals surface area contributed by atoms with E-state index >= 15 is 0 Å². The van der Waals surface area contributed by atoms with E-state index in [1.807, 2.05) is 30.3 Å². The lowest BCUT2D eigenvalue weighted by Crippen LogP contribution is -2.40. The molecule has 1 aromatic rings. The second kappa shape index (κ2) is 12.7. The summed E-state index contributed by atoms with van der Waals surface area (Å²) < 4.78 is 10.7. The van der Waals surface area contributed by atoms with Crippen molar-refractivity contribution in [2.24, 2.45) is 4.99 Å². The minimum absolute atomic E-state index is 0.599. The molecule has 0 aromatic heterocycles. The van der Waals surface area contributed by atoms with Crippen molar-refractivity contribution in [1.82, 2.24) is 15.5 Å². The molecule has 0 aliphatic rings. The van der Waals surface area contributed by atoms with Crippen LogP contribution in [0.3, 0.4) is 0 Å². The smallest absolute Gasteiger partial charge is 0.191 e. The van der Waals surface area contributed by atoms with Gasteiger partial charge in [0, 0.05) is 26.7 Å². The van der Waals surface area contributed by atoms with E-state index in [0.29, 0.717) is 13.2 Å². The minimum atomic E-state index is 0.599. The van der Waals surface area contributed by atoms with Crippen molar-refractivity contribution in [3.63, 3.8) is 0 Å². The molecule has 130 valence electrons. The van der Waals surface area contributed by atoms with E-state index in [9.17, 15) is 0 Å². The molecule has 6 heteroatoms. The van der Waals surface area contributed by atoms with Gasteiger partial charge in [-0.25, -0.2) is 0 Å². The Morgan fingerprint density at radius 3 is 2.61 bits per heavy atom. The Kier molecular flexibility index (Phi) is 10.7. The zero-order valence-corrected chi connectivity index (χ0v) is 14.5. The van der Waals surface area contributed by atoms with E-state index in [4.69, 9.17) is 9.47 Å². The van der Waals surface area contributed by atoms with Crippen LogP contribution >= 0.6 is 0 Å². The number of aliphatic imine (C=N–C) groups is 1. The van der Waals surface area contributed by atoms with Crippen LogP contribution in [0, 0.1) is 0 Å². The topological polar surface area (TPSA) is 58.1 Å². The van der Waals surface area contributed by atoms with Crippen LogP contribution < -0.4 is 15.4 Å². The number of hydrogen-bond donors (Lipinski definition) is 2. The summed E-state index contributed by atoms with van der Waals surface area (Å²) in [6, 6.07) is 9.82. The van der Waals surface area contributed by atoms with Crippen molar-refractivity contribution in [1.29, 1.82) is 0 Å². The zero-order valence-electron chi connectivity index (χ0n) is 14.5. The Bertz CT molecular complexity index is 426. The van der Waals surface area contributed by atoms with Crippen molar-refractivity contribution in [2.75, 3.05) is 60.1 Å². The normalized spacial score (nSPS) is 11.6. The molecule has 23 heavy (non-hydrogen) atoms. The molecule has 0 fully saturated rings. The Morgan fingerprint density at radius 2 is 1.91 bits per heavy atom. The van der Waals surface area contributed by atoms with E-state index in [0.717, 1.165) is 44.5 Å². The lowest BCUT2D eigenvalue weighted by atomic mass is 10.3. The fourth-order valence-corrected chi connectivity index (χ4v) is 1.89. The molecule has 1 aromatic carbocycles. The highest BCUT2D eigenvalue weighted by atomic mass is 16.5. The van der Waals surface area contributed by atoms with Gasteiger partial charge in [-0.3, -0.25) is 4.99 Å². The van der Waals surface area contributed by atoms with Crippen LogP contribution in [0.5, 0.6) is 5.75 Å². The highest BCUT2D eigenvalue weighted by Gasteiger charge is 1.99. The molecule has 0 aliphatic carbocycles. The lowest BCUT2D eigenvalue weighted by Gasteiger charge is -2.16. The average Bonchev–Trinajstić information content (AvgIpc) is 2.57. The number of benzene rings is 1. The van der Waals surface area contributed by atoms with Crippen LogP contribution in [0.4, 0.5) is 0 Å². The molecule has 0 spiro atoms. The second-order valence-corrected chi connectivity index (χ2v) is 5.15. The van der Waals surface area contributed by atoms with Gasteiger partial charge in [-0.15, -0.1) is 0 Å². The van der Waals surface area contributed by atoms with Crippen molar-refractivity contribution in [3.8, 4) is 5.75 Å². The summed E-state index contributed by atoms with van der Waals surface area (Å²) in [5.41, 5.74) is 0. The van der Waals surface area contributed by atoms with E-state index in [2.05, 4.69) is 34.5 Å². The first-order valence-electron chi connectivity index (χ1n) is 8.13. The number of hydrogen-bond acceptors (Lipinski definition) is 4. The van der Waals surface area contributed by atoms with Gasteiger partial charge in [-0.1, -0.05) is 18.2 Å². The maximum Gasteiger partial charge on any atom is 0.191 e. The minimum Gasteiger partial charge on any atom is -0.492 e. The molecule has 0 radical (unpaired) electrons. The van der Waals surface area contributed by atoms with Gasteiger partial charge in [0.25, 0.3) is 0 Å². The van der Waals surface area contributed by atoms with Crippen LogP contribution in [0.2, 0.25) is 0 Å². The number of ether oxygens (including phenoxy) is 2. The van der Waals surface area contributed by atoms with E-state index < -0.39 is 0 Å². The average molecular weight is 322 g/mol. The Morgan fingerprint density at radius 1 is 1.13 bits per heavy atom. The van der Waals surface area contributed by atoms with Crippen molar-refractivity contribution in [2.45, 2.75) is 6.92 Å². The maximum absolute atomic E-state index is 5.65. The van der Waals surface area contributed by atoms with Gasteiger partial charge >= 0.3 is 0 Å². The van der Waals surface area contributed by atoms with E-state index in [-0.39, 0.29) is 0 Å². The molecule has 0 atom stereocenters. The SMILES string of the molecule is CCNC(=NCCN(C)CCOC)NCCOc1ccccc1. The van der Waals surface area contributed by atoms with Crippen LogP contribution in [-0.2, 0) is 4.74 Å². The standard InChI is InChI=1S/C17H30N4O2/c1-4-18-17(19-10-12-21(2)13-15-22-3)20-11-14-23-16-8-6-5-7-9-16/h5-9H,4,10-15H2,1-3H3,(H2,18,19,20). The third-order valence-corrected chi connectivity index (χ3v) is 3.18. The summed E-state index contributed by atoms with van der Waals surface area (Å²) in [4.78, 5) is 6.77. The van der Waals surface area contributed by atoms with Crippen LogP contribution in [0.25, 0.3) is 0 Å². The van der Waals surface area contributed by atoms with Crippen molar-refractivity contribution >= 4 is 5.96 Å². The highest BCUT2D eigenvalue weighted by molar-refractivity contribution is 5.79. The molecule has 0 heterocycles. The van der Waals surface area contributed by atoms with Crippen LogP contribution in [0.1, 0.15) is 6.92 Å². The summed E-state index contributed by atoms with van der Waals surface area (Å²) >= 11 is 0. The number of nitrogens with one attached hydrogen (secondary N) is 2. The molecule has 2 N–H and O–H groups in total. The summed E-state index contributed by atoms with van der Waals surface area (Å²) in [5.74, 6) is 1.71. The number of para-hydroxylation sites is 1. The highest BCUT2D eigenvalue weighted by Crippen LogP contribution is 2.07. The molecule has 6 nitrogen and oxygen atoms in total. The molecule has 0 aliphatic heterocycles. The molecule has 0 unspecified atom stereocenters. The quantitative estimate of drug-likeness (QED) is 0.364. The Labute approximate surface area is 139 Å². The molecule has 1 rings (SSSR count).